The van der Waals surface area contributed by atoms with E-state index in [1.54, 1.807) is 11.8 Å². The van der Waals surface area contributed by atoms with Crippen molar-refractivity contribution >= 4 is 40.3 Å². The van der Waals surface area contributed by atoms with Crippen molar-refractivity contribution in [2.24, 2.45) is 5.41 Å². The van der Waals surface area contributed by atoms with Crippen LogP contribution in [0.5, 0.6) is 0 Å². The molecule has 0 aliphatic carbocycles. The highest BCUT2D eigenvalue weighted by Gasteiger charge is 2.44. The van der Waals surface area contributed by atoms with Gasteiger partial charge in [0.05, 0.1) is 16.3 Å². The molecule has 6 rings (SSSR count). The van der Waals surface area contributed by atoms with Gasteiger partial charge < -0.3 is 24.6 Å². The number of nitrogens with zero attached hydrogens (tertiary/aromatic N) is 5. The predicted molar refractivity (Wildman–Crippen MR) is 180 cm³/mol. The minimum absolute atomic E-state index is 0. The molecule has 2 atom stereocenters. The molecule has 238 valence electrons. The van der Waals surface area contributed by atoms with Gasteiger partial charge in [0.2, 0.25) is 11.8 Å². The molecule has 0 radical (unpaired) electrons. The molecule has 44 heavy (non-hydrogen) atoms. The Morgan fingerprint density at radius 3 is 2.36 bits per heavy atom. The summed E-state index contributed by atoms with van der Waals surface area (Å²) in [4.78, 5) is 52.1. The first-order valence-corrected chi connectivity index (χ1v) is 17.0. The Hall–Kier alpha value is -3.24. The zero-order valence-electron chi connectivity index (χ0n) is 26.5. The lowest BCUT2D eigenvalue weighted by atomic mass is 9.92. The molecule has 9 nitrogen and oxygen atoms in total. The van der Waals surface area contributed by atoms with Crippen molar-refractivity contribution in [3.05, 3.63) is 64.6 Å². The zero-order chi connectivity index (χ0) is 31.0. The van der Waals surface area contributed by atoms with Crippen LogP contribution in [0.2, 0.25) is 0 Å². The molecule has 0 bridgehead atoms. The fourth-order valence-electron chi connectivity index (χ4n) is 6.78. The number of carbonyl (C=O) groups is 2. The molecule has 1 aromatic heterocycles. The number of aromatic nitrogens is 2. The first-order chi connectivity index (χ1) is 21.1. The molecule has 3 aromatic rings. The molecular formula is C34H48N6O3S. The SMILES string of the molecule is CN1CCN(c2ccccc2C2SC(CC(=O)N3CCC(n4c(=O)[nH]c5ccccc54)CC3)C(=O)N2CCC(C)(C)C)CC1.[HH]. The number of aromatic amines is 1. The molecule has 0 saturated carbocycles. The van der Waals surface area contributed by atoms with Crippen LogP contribution < -0.4 is 10.6 Å². The number of hydrogen-bond donors (Lipinski definition) is 1. The van der Waals surface area contributed by atoms with E-state index in [1.807, 2.05) is 38.6 Å². The number of amides is 2. The van der Waals surface area contributed by atoms with E-state index < -0.39 is 5.25 Å². The second-order valence-electron chi connectivity index (χ2n) is 13.8. The number of rotatable bonds is 7. The van der Waals surface area contributed by atoms with Gasteiger partial charge >= 0.3 is 5.69 Å². The first kappa shape index (κ1) is 30.8. The quantitative estimate of drug-likeness (QED) is 0.402. The Morgan fingerprint density at radius 1 is 0.955 bits per heavy atom. The van der Waals surface area contributed by atoms with E-state index in [4.69, 9.17) is 0 Å². The summed E-state index contributed by atoms with van der Waals surface area (Å²) in [6.07, 6.45) is 2.55. The number of imidazole rings is 1. The van der Waals surface area contributed by atoms with Crippen LogP contribution in [0.3, 0.4) is 0 Å². The molecule has 3 aliphatic heterocycles. The number of thioether (sulfide) groups is 1. The highest BCUT2D eigenvalue weighted by Crippen LogP contribution is 2.48. The van der Waals surface area contributed by atoms with E-state index in [9.17, 15) is 14.4 Å². The van der Waals surface area contributed by atoms with E-state index in [2.05, 4.69) is 66.9 Å². The summed E-state index contributed by atoms with van der Waals surface area (Å²) in [7, 11) is 2.16. The van der Waals surface area contributed by atoms with Crippen LogP contribution in [0.4, 0.5) is 5.69 Å². The van der Waals surface area contributed by atoms with Crippen molar-refractivity contribution in [3.8, 4) is 0 Å². The second-order valence-corrected chi connectivity index (χ2v) is 15.1. The number of likely N-dealkylation sites (tertiary alicyclic amines) is 1. The van der Waals surface area contributed by atoms with Gasteiger partial charge in [0.25, 0.3) is 0 Å². The Kier molecular flexibility index (Phi) is 8.84. The van der Waals surface area contributed by atoms with Crippen LogP contribution in [0.25, 0.3) is 11.0 Å². The number of H-pyrrole nitrogens is 1. The van der Waals surface area contributed by atoms with Crippen LogP contribution in [0, 0.1) is 5.41 Å². The predicted octanol–water partition coefficient (Wildman–Crippen LogP) is 4.96. The van der Waals surface area contributed by atoms with Crippen molar-refractivity contribution in [3.63, 3.8) is 0 Å². The Morgan fingerprint density at radius 2 is 1.64 bits per heavy atom. The average Bonchev–Trinajstić information content (AvgIpc) is 3.51. The van der Waals surface area contributed by atoms with Gasteiger partial charge in [0, 0.05) is 71.0 Å². The van der Waals surface area contributed by atoms with Gasteiger partial charge in [-0.05, 0) is 49.9 Å². The molecule has 10 heteroatoms. The van der Waals surface area contributed by atoms with E-state index in [0.717, 1.165) is 56.5 Å². The molecule has 4 heterocycles. The molecule has 3 saturated heterocycles. The largest absolute Gasteiger partial charge is 0.369 e. The van der Waals surface area contributed by atoms with Crippen LogP contribution >= 0.6 is 11.8 Å². The highest BCUT2D eigenvalue weighted by molar-refractivity contribution is 8.01. The number of likely N-dealkylation sites (N-methyl/N-ethyl adjacent to an activating group) is 1. The van der Waals surface area contributed by atoms with Crippen molar-refractivity contribution in [2.75, 3.05) is 57.8 Å². The summed E-state index contributed by atoms with van der Waals surface area (Å²) in [6, 6.07) is 16.3. The van der Waals surface area contributed by atoms with Gasteiger partial charge in [0.15, 0.2) is 0 Å². The van der Waals surface area contributed by atoms with Gasteiger partial charge in [0.1, 0.15) is 5.37 Å². The lowest BCUT2D eigenvalue weighted by Gasteiger charge is -2.37. The van der Waals surface area contributed by atoms with Crippen LogP contribution in [-0.2, 0) is 9.59 Å². The topological polar surface area (TPSA) is 84.9 Å². The second kappa shape index (κ2) is 12.6. The van der Waals surface area contributed by atoms with Crippen molar-refractivity contribution in [1.29, 1.82) is 0 Å². The maximum atomic E-state index is 14.0. The number of piperazine rings is 1. The normalized spacial score (nSPS) is 22.4. The Bertz CT molecular complexity index is 1550. The lowest BCUT2D eigenvalue weighted by molar-refractivity contribution is -0.136. The third-order valence-electron chi connectivity index (χ3n) is 9.45. The zero-order valence-corrected chi connectivity index (χ0v) is 27.3. The van der Waals surface area contributed by atoms with Crippen LogP contribution in [-0.4, -0.2) is 94.2 Å². The Balaban J connectivity index is 0.00000400. The summed E-state index contributed by atoms with van der Waals surface area (Å²) in [5.74, 6) is 0.107. The van der Waals surface area contributed by atoms with Crippen molar-refractivity contribution in [1.82, 2.24) is 24.3 Å². The number of piperidine rings is 1. The number of para-hydroxylation sites is 3. The maximum Gasteiger partial charge on any atom is 0.326 e. The van der Waals surface area contributed by atoms with E-state index in [1.165, 1.54) is 11.3 Å². The minimum Gasteiger partial charge on any atom is -0.369 e. The number of nitrogens with one attached hydrogen (secondary N) is 1. The summed E-state index contributed by atoms with van der Waals surface area (Å²) < 4.78 is 1.85. The summed E-state index contributed by atoms with van der Waals surface area (Å²) >= 11 is 1.65. The number of benzene rings is 2. The molecular weight excluding hydrogens is 572 g/mol. The highest BCUT2D eigenvalue weighted by atomic mass is 32.2. The molecule has 2 aromatic carbocycles. The Labute approximate surface area is 266 Å². The van der Waals surface area contributed by atoms with Gasteiger partial charge in [-0.2, -0.15) is 0 Å². The monoisotopic (exact) mass is 620 g/mol. The average molecular weight is 621 g/mol. The number of hydrogen-bond acceptors (Lipinski definition) is 6. The van der Waals surface area contributed by atoms with Gasteiger partial charge in [-0.1, -0.05) is 51.1 Å². The molecule has 3 aliphatic rings. The van der Waals surface area contributed by atoms with Gasteiger partial charge in [-0.15, -0.1) is 11.8 Å². The molecule has 0 spiro atoms. The molecule has 3 fully saturated rings. The molecule has 1 N–H and O–H groups in total. The molecule has 2 unspecified atom stereocenters. The number of anilines is 1. The fraction of sp³-hybridized carbons (Fsp3) is 0.559. The van der Waals surface area contributed by atoms with E-state index in [-0.39, 0.29) is 42.2 Å². The van der Waals surface area contributed by atoms with Gasteiger partial charge in [-0.3, -0.25) is 14.2 Å². The minimum atomic E-state index is -0.401. The number of carbonyl (C=O) groups excluding carboxylic acids is 2. The third kappa shape index (κ3) is 6.42. The summed E-state index contributed by atoms with van der Waals surface area (Å²) in [5.41, 5.74) is 4.12. The van der Waals surface area contributed by atoms with E-state index in [0.29, 0.717) is 19.6 Å². The van der Waals surface area contributed by atoms with Crippen molar-refractivity contribution in [2.45, 2.75) is 63.1 Å². The molecule has 2 amide bonds. The summed E-state index contributed by atoms with van der Waals surface area (Å²) in [5, 5.41) is -0.514. The third-order valence-corrected chi connectivity index (χ3v) is 10.9. The maximum absolute atomic E-state index is 14.0. The smallest absolute Gasteiger partial charge is 0.326 e. The first-order valence-electron chi connectivity index (χ1n) is 16.0. The van der Waals surface area contributed by atoms with Crippen LogP contribution in [0.15, 0.2) is 53.3 Å². The summed E-state index contributed by atoms with van der Waals surface area (Å²) in [6.45, 7) is 12.4. The number of fused-ring (bicyclic) bond motifs is 1. The van der Waals surface area contributed by atoms with Crippen LogP contribution in [0.1, 0.15) is 64.9 Å². The van der Waals surface area contributed by atoms with Crippen molar-refractivity contribution < 1.29 is 11.0 Å². The van der Waals surface area contributed by atoms with Gasteiger partial charge in [-0.25, -0.2) is 4.79 Å². The standard InChI is InChI=1S/C34H46N6O3S.H2/c1-34(2,3)15-18-39-31(42)29(44-32(39)25-9-5-7-11-27(25)37-21-19-36(4)20-22-37)23-30(41)38-16-13-24(14-17-38)40-28-12-8-6-10-26(28)35-33(40)43;/h5-12,24,29,32H,13-23H2,1-4H3,(H,35,43);1H. The lowest BCUT2D eigenvalue weighted by Crippen LogP contribution is -2.45. The van der Waals surface area contributed by atoms with E-state index >= 15 is 0 Å². The fourth-order valence-corrected chi connectivity index (χ4v) is 8.28.